The van der Waals surface area contributed by atoms with Crippen molar-refractivity contribution in [1.82, 2.24) is 5.43 Å². The SMILES string of the molecule is CCCCCC(/C=N\NC(=O)c1ccoc1C)=C\c1ccccc1. The average molecular weight is 324 g/mol. The van der Waals surface area contributed by atoms with Crippen molar-refractivity contribution in [3.63, 3.8) is 0 Å². The highest BCUT2D eigenvalue weighted by atomic mass is 16.3. The molecule has 0 saturated heterocycles. The number of rotatable bonds is 8. The summed E-state index contributed by atoms with van der Waals surface area (Å²) in [7, 11) is 0. The van der Waals surface area contributed by atoms with Gasteiger partial charge in [-0.2, -0.15) is 5.10 Å². The van der Waals surface area contributed by atoms with Crippen molar-refractivity contribution in [3.8, 4) is 0 Å². The van der Waals surface area contributed by atoms with Crippen LogP contribution in [-0.4, -0.2) is 12.1 Å². The zero-order valence-corrected chi connectivity index (χ0v) is 14.3. The third-order valence-corrected chi connectivity index (χ3v) is 3.72. The first-order chi connectivity index (χ1) is 11.7. The number of hydrazone groups is 1. The number of unbranched alkanes of at least 4 members (excludes halogenated alkanes) is 2. The molecule has 4 nitrogen and oxygen atoms in total. The fraction of sp³-hybridized carbons (Fsp3) is 0.300. The Morgan fingerprint density at radius 3 is 2.67 bits per heavy atom. The normalized spacial score (nSPS) is 11.8. The molecule has 2 rings (SSSR count). The minimum absolute atomic E-state index is 0.259. The van der Waals surface area contributed by atoms with Crippen molar-refractivity contribution in [1.29, 1.82) is 0 Å². The van der Waals surface area contributed by atoms with Gasteiger partial charge in [0.1, 0.15) is 5.76 Å². The molecule has 1 N–H and O–H groups in total. The molecule has 126 valence electrons. The molecule has 0 unspecified atom stereocenters. The molecule has 1 aromatic heterocycles. The van der Waals surface area contributed by atoms with E-state index in [1.165, 1.54) is 19.1 Å². The van der Waals surface area contributed by atoms with Crippen molar-refractivity contribution in [2.75, 3.05) is 0 Å². The second-order valence-corrected chi connectivity index (χ2v) is 5.68. The lowest BCUT2D eigenvalue weighted by atomic mass is 10.1. The minimum atomic E-state index is -0.259. The number of aryl methyl sites for hydroxylation is 1. The third kappa shape index (κ3) is 5.54. The van der Waals surface area contributed by atoms with E-state index in [0.717, 1.165) is 24.0 Å². The summed E-state index contributed by atoms with van der Waals surface area (Å²) in [5, 5.41) is 4.11. The van der Waals surface area contributed by atoms with E-state index in [1.54, 1.807) is 19.2 Å². The number of furan rings is 1. The second kappa shape index (κ2) is 9.50. The molecule has 0 fully saturated rings. The first kappa shape index (κ1) is 17.7. The quantitative estimate of drug-likeness (QED) is 0.423. The molecule has 0 saturated carbocycles. The molecule has 0 bridgehead atoms. The zero-order chi connectivity index (χ0) is 17.2. The van der Waals surface area contributed by atoms with Gasteiger partial charge in [-0.25, -0.2) is 5.43 Å². The van der Waals surface area contributed by atoms with E-state index in [4.69, 9.17) is 4.42 Å². The molecule has 0 aliphatic rings. The molecule has 4 heteroatoms. The van der Waals surface area contributed by atoms with Crippen LogP contribution in [0, 0.1) is 6.92 Å². The Morgan fingerprint density at radius 1 is 1.21 bits per heavy atom. The van der Waals surface area contributed by atoms with Crippen molar-refractivity contribution in [2.45, 2.75) is 39.5 Å². The maximum Gasteiger partial charge on any atom is 0.274 e. The summed E-state index contributed by atoms with van der Waals surface area (Å²) in [5.41, 5.74) is 5.30. The van der Waals surface area contributed by atoms with Crippen LogP contribution in [0.1, 0.15) is 54.3 Å². The van der Waals surface area contributed by atoms with Crippen LogP contribution in [0.4, 0.5) is 0 Å². The van der Waals surface area contributed by atoms with E-state index in [0.29, 0.717) is 11.3 Å². The lowest BCUT2D eigenvalue weighted by molar-refractivity contribution is 0.0953. The number of carbonyl (C=O) groups is 1. The lowest BCUT2D eigenvalue weighted by Crippen LogP contribution is -2.17. The molecule has 1 amide bonds. The average Bonchev–Trinajstić information content (AvgIpc) is 3.02. The monoisotopic (exact) mass is 324 g/mol. The molecule has 2 aromatic rings. The second-order valence-electron chi connectivity index (χ2n) is 5.68. The molecule has 0 radical (unpaired) electrons. The number of benzene rings is 1. The maximum absolute atomic E-state index is 12.0. The number of nitrogens with zero attached hydrogens (tertiary/aromatic N) is 1. The Bertz CT molecular complexity index is 699. The molecule has 0 aliphatic heterocycles. The first-order valence-electron chi connectivity index (χ1n) is 8.34. The smallest absolute Gasteiger partial charge is 0.274 e. The van der Waals surface area contributed by atoms with Gasteiger partial charge in [-0.3, -0.25) is 4.79 Å². The van der Waals surface area contributed by atoms with Gasteiger partial charge >= 0.3 is 0 Å². The van der Waals surface area contributed by atoms with Crippen molar-refractivity contribution in [3.05, 3.63) is 65.1 Å². The highest BCUT2D eigenvalue weighted by Gasteiger charge is 2.09. The first-order valence-corrected chi connectivity index (χ1v) is 8.34. The standard InChI is InChI=1S/C20H24N2O2/c1-3-4-6-11-18(14-17-9-7-5-8-10-17)15-21-22-20(23)19-12-13-24-16(19)2/h5,7-10,12-15H,3-4,6,11H2,1-2H3,(H,22,23)/b18-14+,21-15-. The van der Waals surface area contributed by atoms with Gasteiger partial charge in [0.15, 0.2) is 0 Å². The van der Waals surface area contributed by atoms with Gasteiger partial charge in [-0.05, 0) is 37.0 Å². The summed E-state index contributed by atoms with van der Waals surface area (Å²) in [4.78, 5) is 12.0. The van der Waals surface area contributed by atoms with Gasteiger partial charge in [-0.15, -0.1) is 0 Å². The van der Waals surface area contributed by atoms with Crippen LogP contribution in [0.15, 0.2) is 57.8 Å². The Labute approximate surface area is 143 Å². The van der Waals surface area contributed by atoms with Gasteiger partial charge < -0.3 is 4.42 Å². The maximum atomic E-state index is 12.0. The number of carbonyl (C=O) groups excluding carboxylic acids is 1. The molecule has 0 atom stereocenters. The topological polar surface area (TPSA) is 54.6 Å². The Balaban J connectivity index is 2.03. The molecule has 0 aliphatic carbocycles. The fourth-order valence-electron chi connectivity index (χ4n) is 2.37. The van der Waals surface area contributed by atoms with E-state index in [9.17, 15) is 4.79 Å². The summed E-state index contributed by atoms with van der Waals surface area (Å²) >= 11 is 0. The number of allylic oxidation sites excluding steroid dienone is 1. The molecule has 0 spiro atoms. The number of amides is 1. The molecule has 24 heavy (non-hydrogen) atoms. The summed E-state index contributed by atoms with van der Waals surface area (Å²) < 4.78 is 5.13. The molecule has 1 aromatic carbocycles. The fourth-order valence-corrected chi connectivity index (χ4v) is 2.37. The van der Waals surface area contributed by atoms with Gasteiger partial charge in [-0.1, -0.05) is 56.2 Å². The van der Waals surface area contributed by atoms with Crippen LogP contribution in [0.3, 0.4) is 0 Å². The van der Waals surface area contributed by atoms with Crippen LogP contribution in [-0.2, 0) is 0 Å². The largest absolute Gasteiger partial charge is 0.469 e. The Morgan fingerprint density at radius 2 is 2.00 bits per heavy atom. The Kier molecular flexibility index (Phi) is 7.02. The minimum Gasteiger partial charge on any atom is -0.469 e. The zero-order valence-electron chi connectivity index (χ0n) is 14.3. The van der Waals surface area contributed by atoms with Crippen LogP contribution in [0.2, 0.25) is 0 Å². The summed E-state index contributed by atoms with van der Waals surface area (Å²) in [6, 6.07) is 11.8. The van der Waals surface area contributed by atoms with E-state index < -0.39 is 0 Å². The van der Waals surface area contributed by atoms with Crippen molar-refractivity contribution in [2.24, 2.45) is 5.10 Å². The van der Waals surface area contributed by atoms with Gasteiger partial charge in [0.2, 0.25) is 0 Å². The molecular formula is C20H24N2O2. The third-order valence-electron chi connectivity index (χ3n) is 3.72. The molecular weight excluding hydrogens is 300 g/mol. The lowest BCUT2D eigenvalue weighted by Gasteiger charge is -2.03. The van der Waals surface area contributed by atoms with E-state index in [1.807, 2.05) is 18.2 Å². The van der Waals surface area contributed by atoms with Gasteiger partial charge in [0.25, 0.3) is 5.91 Å². The predicted octanol–water partition coefficient (Wildman–Crippen LogP) is 4.97. The van der Waals surface area contributed by atoms with Crippen LogP contribution in [0.25, 0.3) is 6.08 Å². The van der Waals surface area contributed by atoms with E-state index >= 15 is 0 Å². The summed E-state index contributed by atoms with van der Waals surface area (Å²) in [6.45, 7) is 3.94. The van der Waals surface area contributed by atoms with Crippen LogP contribution < -0.4 is 5.43 Å². The number of hydrogen-bond donors (Lipinski definition) is 1. The van der Waals surface area contributed by atoms with E-state index in [2.05, 4.69) is 35.7 Å². The number of nitrogens with one attached hydrogen (secondary N) is 1. The molecule has 1 heterocycles. The van der Waals surface area contributed by atoms with E-state index in [-0.39, 0.29) is 5.91 Å². The highest BCUT2D eigenvalue weighted by Crippen LogP contribution is 2.12. The van der Waals surface area contributed by atoms with Gasteiger partial charge in [0, 0.05) is 0 Å². The van der Waals surface area contributed by atoms with Gasteiger partial charge in [0.05, 0.1) is 18.0 Å². The Hall–Kier alpha value is -2.62. The predicted molar refractivity (Wildman–Crippen MR) is 98.0 cm³/mol. The van der Waals surface area contributed by atoms with Crippen molar-refractivity contribution >= 4 is 18.2 Å². The number of hydrogen-bond acceptors (Lipinski definition) is 3. The summed E-state index contributed by atoms with van der Waals surface area (Å²) in [6.07, 6.45) is 9.74. The van der Waals surface area contributed by atoms with Crippen LogP contribution >= 0.6 is 0 Å². The van der Waals surface area contributed by atoms with Crippen molar-refractivity contribution < 1.29 is 9.21 Å². The highest BCUT2D eigenvalue weighted by molar-refractivity contribution is 5.96. The summed E-state index contributed by atoms with van der Waals surface area (Å²) in [5.74, 6) is 0.329. The van der Waals surface area contributed by atoms with Crippen LogP contribution in [0.5, 0.6) is 0 Å².